The van der Waals surface area contributed by atoms with Gasteiger partial charge >= 0.3 is 0 Å². The van der Waals surface area contributed by atoms with Crippen molar-refractivity contribution in [3.05, 3.63) is 28.8 Å². The minimum absolute atomic E-state index is 0.259. The Morgan fingerprint density at radius 2 is 2.00 bits per heavy atom. The van der Waals surface area contributed by atoms with Crippen LogP contribution in [0.25, 0.3) is 0 Å². The van der Waals surface area contributed by atoms with Crippen LogP contribution >= 0.6 is 11.6 Å². The fourth-order valence-corrected chi connectivity index (χ4v) is 2.88. The van der Waals surface area contributed by atoms with E-state index in [0.29, 0.717) is 0 Å². The molecule has 4 heteroatoms. The van der Waals surface area contributed by atoms with Gasteiger partial charge in [0.15, 0.2) is 0 Å². The van der Waals surface area contributed by atoms with Crippen molar-refractivity contribution < 1.29 is 4.74 Å². The van der Waals surface area contributed by atoms with E-state index >= 15 is 0 Å². The van der Waals surface area contributed by atoms with E-state index in [1.54, 1.807) is 0 Å². The lowest BCUT2D eigenvalue weighted by Gasteiger charge is -2.38. The molecule has 0 unspecified atom stereocenters. The summed E-state index contributed by atoms with van der Waals surface area (Å²) in [5, 5.41) is 4.20. The standard InChI is InChI=1S/C15H23ClN2O/c1-4-17-8-13-14(16)6-5-7-15(13)18-9-11(2)19-12(3)10-18/h5-7,11-12,17H,4,8-10H2,1-3H3/t11-,12+. The first kappa shape index (κ1) is 14.6. The van der Waals surface area contributed by atoms with Crippen LogP contribution in [0.5, 0.6) is 0 Å². The molecule has 2 rings (SSSR count). The van der Waals surface area contributed by atoms with Gasteiger partial charge in [0.1, 0.15) is 0 Å². The van der Waals surface area contributed by atoms with Crippen LogP contribution in [0.2, 0.25) is 5.02 Å². The van der Waals surface area contributed by atoms with Crippen molar-refractivity contribution in [3.63, 3.8) is 0 Å². The SMILES string of the molecule is CCNCc1c(Cl)cccc1N1C[C@@H](C)O[C@@H](C)C1. The van der Waals surface area contributed by atoms with Crippen LogP contribution in [0, 0.1) is 0 Å². The molecule has 0 aromatic heterocycles. The first-order chi connectivity index (χ1) is 9.11. The molecule has 3 nitrogen and oxygen atoms in total. The molecular weight excluding hydrogens is 260 g/mol. The molecule has 19 heavy (non-hydrogen) atoms. The number of nitrogens with one attached hydrogen (secondary N) is 1. The van der Waals surface area contributed by atoms with Crippen molar-refractivity contribution in [1.29, 1.82) is 0 Å². The molecular formula is C15H23ClN2O. The van der Waals surface area contributed by atoms with Crippen LogP contribution in [0.4, 0.5) is 5.69 Å². The van der Waals surface area contributed by atoms with E-state index < -0.39 is 0 Å². The van der Waals surface area contributed by atoms with E-state index in [2.05, 4.69) is 37.1 Å². The van der Waals surface area contributed by atoms with Crippen molar-refractivity contribution in [2.24, 2.45) is 0 Å². The molecule has 0 spiro atoms. The number of nitrogens with zero attached hydrogens (tertiary/aromatic N) is 1. The van der Waals surface area contributed by atoms with Crippen molar-refractivity contribution in [1.82, 2.24) is 5.32 Å². The number of rotatable bonds is 4. The fourth-order valence-electron chi connectivity index (χ4n) is 2.64. The normalized spacial score (nSPS) is 23.7. The quantitative estimate of drug-likeness (QED) is 0.919. The van der Waals surface area contributed by atoms with Gasteiger partial charge in [-0.3, -0.25) is 0 Å². The number of benzene rings is 1. The highest BCUT2D eigenvalue weighted by molar-refractivity contribution is 6.31. The second kappa shape index (κ2) is 6.60. The second-order valence-electron chi connectivity index (χ2n) is 5.18. The summed E-state index contributed by atoms with van der Waals surface area (Å²) < 4.78 is 5.80. The molecule has 0 amide bonds. The van der Waals surface area contributed by atoms with Gasteiger partial charge < -0.3 is 15.0 Å². The molecule has 1 heterocycles. The monoisotopic (exact) mass is 282 g/mol. The minimum Gasteiger partial charge on any atom is -0.372 e. The van der Waals surface area contributed by atoms with Crippen LogP contribution < -0.4 is 10.2 Å². The maximum Gasteiger partial charge on any atom is 0.0726 e. The summed E-state index contributed by atoms with van der Waals surface area (Å²) in [4.78, 5) is 2.39. The minimum atomic E-state index is 0.259. The number of morpholine rings is 1. The lowest BCUT2D eigenvalue weighted by molar-refractivity contribution is -0.00526. The number of hydrogen-bond donors (Lipinski definition) is 1. The van der Waals surface area contributed by atoms with Crippen molar-refractivity contribution in [2.75, 3.05) is 24.5 Å². The highest BCUT2D eigenvalue weighted by Gasteiger charge is 2.24. The van der Waals surface area contributed by atoms with Gasteiger partial charge in [-0.1, -0.05) is 24.6 Å². The second-order valence-corrected chi connectivity index (χ2v) is 5.59. The Hall–Kier alpha value is -0.770. The average molecular weight is 283 g/mol. The predicted octanol–water partition coefficient (Wildman–Crippen LogP) is 3.06. The number of ether oxygens (including phenoxy) is 1. The average Bonchev–Trinajstić information content (AvgIpc) is 2.36. The van der Waals surface area contributed by atoms with E-state index in [4.69, 9.17) is 16.3 Å². The summed E-state index contributed by atoms with van der Waals surface area (Å²) in [6, 6.07) is 6.15. The smallest absolute Gasteiger partial charge is 0.0726 e. The molecule has 1 saturated heterocycles. The summed E-state index contributed by atoms with van der Waals surface area (Å²) in [6.45, 7) is 9.95. The van der Waals surface area contributed by atoms with Crippen molar-refractivity contribution >= 4 is 17.3 Å². The topological polar surface area (TPSA) is 24.5 Å². The maximum atomic E-state index is 6.36. The predicted molar refractivity (Wildman–Crippen MR) is 81.1 cm³/mol. The van der Waals surface area contributed by atoms with E-state index in [-0.39, 0.29) is 12.2 Å². The Morgan fingerprint density at radius 1 is 1.32 bits per heavy atom. The Morgan fingerprint density at radius 3 is 2.63 bits per heavy atom. The first-order valence-electron chi connectivity index (χ1n) is 7.00. The molecule has 1 aromatic carbocycles. The molecule has 0 aliphatic carbocycles. The third-order valence-electron chi connectivity index (χ3n) is 3.41. The molecule has 1 N–H and O–H groups in total. The number of hydrogen-bond acceptors (Lipinski definition) is 3. The van der Waals surface area contributed by atoms with Crippen molar-refractivity contribution in [3.8, 4) is 0 Å². The Kier molecular flexibility index (Phi) is 5.08. The molecule has 1 fully saturated rings. The highest BCUT2D eigenvalue weighted by atomic mass is 35.5. The summed E-state index contributed by atoms with van der Waals surface area (Å²) in [6.07, 6.45) is 0.518. The summed E-state index contributed by atoms with van der Waals surface area (Å²) in [5.41, 5.74) is 2.42. The number of anilines is 1. The van der Waals surface area contributed by atoms with Crippen molar-refractivity contribution in [2.45, 2.75) is 39.5 Å². The van der Waals surface area contributed by atoms with E-state index in [0.717, 1.165) is 31.2 Å². The van der Waals surface area contributed by atoms with Gasteiger partial charge in [0, 0.05) is 35.9 Å². The summed E-state index contributed by atoms with van der Waals surface area (Å²) in [7, 11) is 0. The zero-order chi connectivity index (χ0) is 13.8. The molecule has 0 saturated carbocycles. The lowest BCUT2D eigenvalue weighted by Crippen LogP contribution is -2.46. The van der Waals surface area contributed by atoms with Gasteiger partial charge in [0.25, 0.3) is 0 Å². The van der Waals surface area contributed by atoms with Crippen LogP contribution in [-0.2, 0) is 11.3 Å². The third kappa shape index (κ3) is 3.62. The Bertz CT molecular complexity index is 415. The lowest BCUT2D eigenvalue weighted by atomic mass is 10.1. The fraction of sp³-hybridized carbons (Fsp3) is 0.600. The van der Waals surface area contributed by atoms with E-state index in [1.807, 2.05) is 12.1 Å². The third-order valence-corrected chi connectivity index (χ3v) is 3.76. The molecule has 0 bridgehead atoms. The molecule has 0 radical (unpaired) electrons. The molecule has 1 aliphatic heterocycles. The molecule has 1 aromatic rings. The Balaban J connectivity index is 2.25. The molecule has 106 valence electrons. The van der Waals surface area contributed by atoms with Crippen LogP contribution in [0.15, 0.2) is 18.2 Å². The largest absolute Gasteiger partial charge is 0.372 e. The van der Waals surface area contributed by atoms with Gasteiger partial charge in [-0.2, -0.15) is 0 Å². The summed E-state index contributed by atoms with van der Waals surface area (Å²) >= 11 is 6.36. The van der Waals surface area contributed by atoms with Crippen LogP contribution in [0.1, 0.15) is 26.3 Å². The van der Waals surface area contributed by atoms with Gasteiger partial charge in [-0.15, -0.1) is 0 Å². The van der Waals surface area contributed by atoms with Gasteiger partial charge in [0.2, 0.25) is 0 Å². The van der Waals surface area contributed by atoms with E-state index in [9.17, 15) is 0 Å². The van der Waals surface area contributed by atoms with Crippen LogP contribution in [-0.4, -0.2) is 31.8 Å². The van der Waals surface area contributed by atoms with Gasteiger partial charge in [0.05, 0.1) is 12.2 Å². The first-order valence-corrected chi connectivity index (χ1v) is 7.38. The van der Waals surface area contributed by atoms with Gasteiger partial charge in [-0.25, -0.2) is 0 Å². The molecule has 1 aliphatic rings. The zero-order valence-electron chi connectivity index (χ0n) is 11.9. The zero-order valence-corrected chi connectivity index (χ0v) is 12.7. The maximum absolute atomic E-state index is 6.36. The highest BCUT2D eigenvalue weighted by Crippen LogP contribution is 2.29. The van der Waals surface area contributed by atoms with Gasteiger partial charge in [-0.05, 0) is 32.5 Å². The number of halogens is 1. The Labute approximate surface area is 120 Å². The summed E-state index contributed by atoms with van der Waals surface area (Å²) in [5.74, 6) is 0. The van der Waals surface area contributed by atoms with E-state index in [1.165, 1.54) is 11.3 Å². The van der Waals surface area contributed by atoms with Crippen LogP contribution in [0.3, 0.4) is 0 Å². The molecule has 2 atom stereocenters.